The topological polar surface area (TPSA) is 48.5 Å². The van der Waals surface area contributed by atoms with Gasteiger partial charge in [-0.25, -0.2) is 4.98 Å². The van der Waals surface area contributed by atoms with Crippen molar-refractivity contribution in [3.05, 3.63) is 34.7 Å². The molecule has 0 radical (unpaired) electrons. The lowest BCUT2D eigenvalue weighted by atomic mass is 10.2. The number of piperazine rings is 1. The molecule has 0 saturated carbocycles. The fourth-order valence-electron chi connectivity index (χ4n) is 2.45. The zero-order valence-corrected chi connectivity index (χ0v) is 14.5. The zero-order chi connectivity index (χ0) is 16.2. The van der Waals surface area contributed by atoms with Crippen LogP contribution in [-0.4, -0.2) is 60.5 Å². The van der Waals surface area contributed by atoms with Gasteiger partial charge in [-0.15, -0.1) is 11.3 Å². The molecule has 1 aromatic heterocycles. The molecule has 3 rings (SSSR count). The largest absolute Gasteiger partial charge is 0.304 e. The molecule has 1 aliphatic heterocycles. The Morgan fingerprint density at radius 1 is 1.26 bits per heavy atom. The molecule has 0 bridgehead atoms. The second kappa shape index (κ2) is 7.40. The maximum Gasteiger partial charge on any atom is 0.240 e. The molecule has 2 aromatic rings. The first-order valence-corrected chi connectivity index (χ1v) is 8.78. The van der Waals surface area contributed by atoms with Gasteiger partial charge in [-0.1, -0.05) is 23.7 Å². The normalized spacial score (nSPS) is 16.4. The summed E-state index contributed by atoms with van der Waals surface area (Å²) in [6.07, 6.45) is 0. The molecule has 1 N–H and O–H groups in total. The lowest BCUT2D eigenvalue weighted by Gasteiger charge is -2.31. The third kappa shape index (κ3) is 4.51. The molecule has 122 valence electrons. The summed E-state index contributed by atoms with van der Waals surface area (Å²) < 4.78 is 0. The lowest BCUT2D eigenvalue weighted by molar-refractivity contribution is -0.117. The van der Waals surface area contributed by atoms with Crippen LogP contribution < -0.4 is 5.32 Å². The number of hydrogen-bond donors (Lipinski definition) is 1. The molecule has 23 heavy (non-hydrogen) atoms. The number of halogens is 1. The van der Waals surface area contributed by atoms with E-state index in [9.17, 15) is 4.79 Å². The van der Waals surface area contributed by atoms with E-state index < -0.39 is 0 Å². The van der Waals surface area contributed by atoms with Crippen LogP contribution in [0.5, 0.6) is 0 Å². The van der Waals surface area contributed by atoms with E-state index in [-0.39, 0.29) is 5.91 Å². The molecule has 1 fully saturated rings. The highest BCUT2D eigenvalue weighted by Crippen LogP contribution is 2.25. The number of nitrogens with zero attached hydrogens (tertiary/aromatic N) is 3. The number of benzene rings is 1. The Hall–Kier alpha value is -1.47. The van der Waals surface area contributed by atoms with Gasteiger partial charge in [0, 0.05) is 42.1 Å². The van der Waals surface area contributed by atoms with Gasteiger partial charge in [0.25, 0.3) is 0 Å². The van der Waals surface area contributed by atoms with E-state index in [2.05, 4.69) is 27.1 Å². The van der Waals surface area contributed by atoms with E-state index >= 15 is 0 Å². The molecule has 0 atom stereocenters. The van der Waals surface area contributed by atoms with Gasteiger partial charge in [-0.05, 0) is 19.2 Å². The molecule has 0 aliphatic carbocycles. The lowest BCUT2D eigenvalue weighted by Crippen LogP contribution is -2.47. The molecule has 1 amide bonds. The SMILES string of the molecule is CN1CCN(CC(=O)Nc2nc(-c3ccc(Cl)cc3)cs2)CC1. The van der Waals surface area contributed by atoms with Gasteiger partial charge in [0.2, 0.25) is 5.91 Å². The Labute approximate surface area is 144 Å². The zero-order valence-electron chi connectivity index (χ0n) is 13.0. The van der Waals surface area contributed by atoms with Crippen LogP contribution in [0.4, 0.5) is 5.13 Å². The van der Waals surface area contributed by atoms with Gasteiger partial charge in [-0.2, -0.15) is 0 Å². The van der Waals surface area contributed by atoms with E-state index in [0.29, 0.717) is 16.7 Å². The van der Waals surface area contributed by atoms with Crippen molar-refractivity contribution in [3.8, 4) is 11.3 Å². The van der Waals surface area contributed by atoms with Crippen LogP contribution in [0.15, 0.2) is 29.6 Å². The highest BCUT2D eigenvalue weighted by molar-refractivity contribution is 7.14. The van der Waals surface area contributed by atoms with Crippen LogP contribution in [0, 0.1) is 0 Å². The van der Waals surface area contributed by atoms with Gasteiger partial charge in [0.05, 0.1) is 12.2 Å². The van der Waals surface area contributed by atoms with Gasteiger partial charge in [0.1, 0.15) is 0 Å². The monoisotopic (exact) mass is 350 g/mol. The fourth-order valence-corrected chi connectivity index (χ4v) is 3.31. The number of aromatic nitrogens is 1. The van der Waals surface area contributed by atoms with Crippen molar-refractivity contribution in [1.82, 2.24) is 14.8 Å². The quantitative estimate of drug-likeness (QED) is 0.921. The van der Waals surface area contributed by atoms with Crippen LogP contribution in [0.25, 0.3) is 11.3 Å². The molecular weight excluding hydrogens is 332 g/mol. The highest BCUT2D eigenvalue weighted by atomic mass is 35.5. The van der Waals surface area contributed by atoms with E-state index in [1.54, 1.807) is 0 Å². The third-order valence-corrected chi connectivity index (χ3v) is 4.86. The van der Waals surface area contributed by atoms with Gasteiger partial charge in [0.15, 0.2) is 5.13 Å². The maximum atomic E-state index is 12.1. The molecule has 1 saturated heterocycles. The van der Waals surface area contributed by atoms with Gasteiger partial charge >= 0.3 is 0 Å². The maximum absolute atomic E-state index is 12.1. The van der Waals surface area contributed by atoms with Crippen LogP contribution in [-0.2, 0) is 4.79 Å². The molecule has 7 heteroatoms. The second-order valence-corrected chi connectivity index (χ2v) is 6.97. The molecule has 5 nitrogen and oxygen atoms in total. The Morgan fingerprint density at radius 3 is 2.65 bits per heavy atom. The van der Waals surface area contributed by atoms with Gasteiger partial charge in [-0.3, -0.25) is 9.69 Å². The van der Waals surface area contributed by atoms with Crippen LogP contribution in [0.2, 0.25) is 5.02 Å². The smallest absolute Gasteiger partial charge is 0.240 e. The standard InChI is InChI=1S/C16H19ClN4OS/c1-20-6-8-21(9-7-20)10-15(22)19-16-18-14(11-23-16)12-2-4-13(17)5-3-12/h2-5,11H,6-10H2,1H3,(H,18,19,22). The Kier molecular flexibility index (Phi) is 5.27. The average molecular weight is 351 g/mol. The fraction of sp³-hybridized carbons (Fsp3) is 0.375. The van der Waals surface area contributed by atoms with E-state index in [0.717, 1.165) is 37.4 Å². The van der Waals surface area contributed by atoms with Crippen molar-refractivity contribution >= 4 is 34.0 Å². The molecular formula is C16H19ClN4OS. The minimum absolute atomic E-state index is 0.00782. The second-order valence-electron chi connectivity index (χ2n) is 5.67. The van der Waals surface area contributed by atoms with Crippen molar-refractivity contribution < 1.29 is 4.79 Å². The number of hydrogen-bond acceptors (Lipinski definition) is 5. The Bertz CT molecular complexity index is 665. The number of thiazole rings is 1. The van der Waals surface area contributed by atoms with Crippen molar-refractivity contribution in [2.24, 2.45) is 0 Å². The number of likely N-dealkylation sites (N-methyl/N-ethyl adjacent to an activating group) is 1. The average Bonchev–Trinajstić information content (AvgIpc) is 2.98. The molecule has 0 unspecified atom stereocenters. The molecule has 0 spiro atoms. The van der Waals surface area contributed by atoms with Crippen molar-refractivity contribution in [2.75, 3.05) is 45.1 Å². The minimum atomic E-state index is -0.00782. The van der Waals surface area contributed by atoms with E-state index in [4.69, 9.17) is 11.6 Å². The summed E-state index contributed by atoms with van der Waals surface area (Å²) in [6, 6.07) is 7.52. The summed E-state index contributed by atoms with van der Waals surface area (Å²) in [7, 11) is 2.10. The van der Waals surface area contributed by atoms with Crippen molar-refractivity contribution in [2.45, 2.75) is 0 Å². The van der Waals surface area contributed by atoms with E-state index in [1.807, 2.05) is 29.6 Å². The van der Waals surface area contributed by atoms with Crippen LogP contribution in [0.1, 0.15) is 0 Å². The molecule has 1 aliphatic rings. The predicted molar refractivity (Wildman–Crippen MR) is 95.1 cm³/mol. The molecule has 1 aromatic carbocycles. The summed E-state index contributed by atoms with van der Waals surface area (Å²) in [4.78, 5) is 21.0. The summed E-state index contributed by atoms with van der Waals surface area (Å²) >= 11 is 7.33. The number of rotatable bonds is 4. The number of carbonyl (C=O) groups excluding carboxylic acids is 1. The first-order chi connectivity index (χ1) is 11.1. The van der Waals surface area contributed by atoms with Crippen LogP contribution in [0.3, 0.4) is 0 Å². The number of amides is 1. The van der Waals surface area contributed by atoms with Crippen molar-refractivity contribution in [3.63, 3.8) is 0 Å². The van der Waals surface area contributed by atoms with Gasteiger partial charge < -0.3 is 10.2 Å². The number of carbonyl (C=O) groups is 1. The summed E-state index contributed by atoms with van der Waals surface area (Å²) in [5.74, 6) is -0.00782. The molecule has 2 heterocycles. The Balaban J connectivity index is 1.56. The van der Waals surface area contributed by atoms with Crippen molar-refractivity contribution in [1.29, 1.82) is 0 Å². The summed E-state index contributed by atoms with van der Waals surface area (Å²) in [5, 5.41) is 6.16. The number of anilines is 1. The third-order valence-electron chi connectivity index (χ3n) is 3.85. The van der Waals surface area contributed by atoms with E-state index in [1.165, 1.54) is 11.3 Å². The first-order valence-electron chi connectivity index (χ1n) is 7.52. The highest BCUT2D eigenvalue weighted by Gasteiger charge is 2.17. The first kappa shape index (κ1) is 16.4. The van der Waals surface area contributed by atoms with Crippen LogP contribution >= 0.6 is 22.9 Å². The predicted octanol–water partition coefficient (Wildman–Crippen LogP) is 2.65. The minimum Gasteiger partial charge on any atom is -0.304 e. The number of nitrogens with one attached hydrogen (secondary N) is 1. The summed E-state index contributed by atoms with van der Waals surface area (Å²) in [6.45, 7) is 4.29. The Morgan fingerprint density at radius 2 is 1.96 bits per heavy atom. The summed E-state index contributed by atoms with van der Waals surface area (Å²) in [5.41, 5.74) is 1.84.